The summed E-state index contributed by atoms with van der Waals surface area (Å²) in [4.78, 5) is 11.7. The van der Waals surface area contributed by atoms with Gasteiger partial charge >= 0.3 is 118 Å². The van der Waals surface area contributed by atoms with E-state index in [0.717, 1.165) is 0 Å². The lowest BCUT2D eigenvalue weighted by Gasteiger charge is -2.44. The Morgan fingerprint density at radius 1 is 0.316 bits per heavy atom. The Labute approximate surface area is 402 Å². The van der Waals surface area contributed by atoms with E-state index in [1.165, 1.54) is 9.05 Å². The van der Waals surface area contributed by atoms with Gasteiger partial charge in [-0.3, -0.25) is 4.57 Å². The second-order valence-corrected chi connectivity index (χ2v) is 19.1. The van der Waals surface area contributed by atoms with Crippen molar-refractivity contribution in [2.24, 2.45) is 0 Å². The van der Waals surface area contributed by atoms with Crippen LogP contribution in [-0.4, -0.2) is 157 Å². The lowest BCUT2D eigenvalue weighted by molar-refractivity contribution is -0.458. The molecule has 55 heteroatoms. The summed E-state index contributed by atoms with van der Waals surface area (Å²) in [6, 6.07) is -17.0. The second kappa shape index (κ2) is 19.5. The van der Waals surface area contributed by atoms with Crippen LogP contribution in [-0.2, 0) is 33.7 Å². The van der Waals surface area contributed by atoms with E-state index in [4.69, 9.17) is 0 Å². The minimum absolute atomic E-state index is 0.929. The highest BCUT2D eigenvalue weighted by Crippen LogP contribution is 2.68. The number of hydrogen-bond donors (Lipinski definition) is 0. The summed E-state index contributed by atoms with van der Waals surface area (Å²) < 4.78 is 634. The minimum atomic E-state index is -9.84. The van der Waals surface area contributed by atoms with Crippen molar-refractivity contribution >= 4 is 27.9 Å². The topological polar surface area (TPSA) is 133 Å². The van der Waals surface area contributed by atoms with Gasteiger partial charge < -0.3 is 4.89 Å². The standard InChI is InChI=1S/C24H11F42N2O8PS2/c1-3-67(78(71,72)23(63,64)15(45,46)11(37,38)7(29,30)5(25,26)9(33,34)13(41,42)17(49,50)51)19(55,56)21(59,60)75-77(69,70)76-22(61,62)20(57,58)68(4-2)79(73,74)24(65,66)16(47,48)12(39,40)8(31,32)6(27,28)10(35,36)14(43,44)18(52,53)54/h3-4H2,1-2H3,(H,69,70)/p-1. The van der Waals surface area contributed by atoms with Crippen LogP contribution in [0.15, 0.2) is 0 Å². The zero-order valence-corrected chi connectivity index (χ0v) is 37.2. The Morgan fingerprint density at radius 3 is 0.620 bits per heavy atom. The highest BCUT2D eigenvalue weighted by molar-refractivity contribution is 7.90. The maximum absolute atomic E-state index is 14.8. The molecule has 0 saturated heterocycles. The largest absolute Gasteiger partial charge is 0.756 e. The van der Waals surface area contributed by atoms with Crippen LogP contribution in [0, 0.1) is 0 Å². The van der Waals surface area contributed by atoms with Crippen molar-refractivity contribution in [3.8, 4) is 0 Å². The van der Waals surface area contributed by atoms with Crippen LogP contribution in [0.1, 0.15) is 13.8 Å². The molecule has 0 bridgehead atoms. The monoisotopic (exact) mass is 1350 g/mol. The van der Waals surface area contributed by atoms with Gasteiger partial charge in [0.1, 0.15) is 0 Å². The first-order valence-electron chi connectivity index (χ1n) is 17.0. The van der Waals surface area contributed by atoms with Gasteiger partial charge in [0.15, 0.2) is 0 Å². The van der Waals surface area contributed by atoms with Crippen LogP contribution in [0.4, 0.5) is 184 Å². The van der Waals surface area contributed by atoms with Crippen molar-refractivity contribution in [2.45, 2.75) is 132 Å². The predicted molar refractivity (Wildman–Crippen MR) is 154 cm³/mol. The number of halogens is 42. The molecule has 79 heavy (non-hydrogen) atoms. The first-order chi connectivity index (χ1) is 33.3. The molecule has 0 aromatic carbocycles. The summed E-state index contributed by atoms with van der Waals surface area (Å²) in [5.41, 5.74) is 0. The van der Waals surface area contributed by atoms with Gasteiger partial charge in [-0.2, -0.15) is 184 Å². The highest BCUT2D eigenvalue weighted by Gasteiger charge is 2.99. The fraction of sp³-hybridized carbons (Fsp3) is 1.00. The molecular formula is C24H10F42N2O8PS2-. The normalized spacial score (nSPS) is 17.1. The molecule has 0 atom stereocenters. The number of likely N-dealkylation sites (N-methyl/N-ethyl adjacent to an activating group) is 2. The Hall–Kier alpha value is -3.01. The fourth-order valence-electron chi connectivity index (χ4n) is 4.64. The molecule has 476 valence electrons. The Morgan fingerprint density at radius 2 is 0.468 bits per heavy atom. The summed E-state index contributed by atoms with van der Waals surface area (Å²) in [7, 11) is -29.2. The SMILES string of the molecule is CCN(C(F)(F)C(F)(F)OP(=O)([O-])OC(F)(F)C(F)(F)N(CC)S(=O)(=O)C(F)(F)C(F)(F)C(F)(F)C(F)(F)C(F)(F)C(F)(F)C(F)(F)C(F)(F)F)S(=O)(=O)C(F)(F)C(F)(F)C(F)(F)C(F)(F)C(F)(F)C(F)(F)C(F)(F)C(F)(F)F. The number of phosphoric acid groups is 1. The molecule has 10 nitrogen and oxygen atoms in total. The van der Waals surface area contributed by atoms with Crippen LogP contribution in [0.25, 0.3) is 0 Å². The average molecular weight is 1350 g/mol. The summed E-state index contributed by atoms with van der Waals surface area (Å²) in [6.45, 7) is -9.05. The third kappa shape index (κ3) is 10.1. The van der Waals surface area contributed by atoms with Crippen molar-refractivity contribution in [2.75, 3.05) is 13.1 Å². The van der Waals surface area contributed by atoms with Crippen molar-refractivity contribution < 1.29 is 220 Å². The molecule has 0 aliphatic rings. The molecule has 0 spiro atoms. The van der Waals surface area contributed by atoms with Crippen LogP contribution in [0.5, 0.6) is 0 Å². The number of phosphoric ester groups is 1. The maximum Gasteiger partial charge on any atom is 0.460 e. The molecule has 0 aromatic rings. The Kier molecular flexibility index (Phi) is 18.8. The van der Waals surface area contributed by atoms with Crippen molar-refractivity contribution in [3.05, 3.63) is 0 Å². The lowest BCUT2D eigenvalue weighted by Crippen LogP contribution is -2.75. The number of alkyl halides is 42. The van der Waals surface area contributed by atoms with E-state index >= 15 is 0 Å². The maximum atomic E-state index is 14.8. The van der Waals surface area contributed by atoms with Gasteiger partial charge in [-0.05, 0) is 0 Å². The van der Waals surface area contributed by atoms with E-state index in [9.17, 15) is 211 Å². The molecule has 0 saturated carbocycles. The molecule has 0 heterocycles. The first-order valence-corrected chi connectivity index (χ1v) is 21.4. The van der Waals surface area contributed by atoms with E-state index in [-0.39, 0.29) is 0 Å². The van der Waals surface area contributed by atoms with Gasteiger partial charge in [0.05, 0.1) is 0 Å². The van der Waals surface area contributed by atoms with E-state index < -0.39 is 182 Å². The van der Waals surface area contributed by atoms with Crippen LogP contribution in [0.2, 0.25) is 0 Å². The number of nitrogens with zero attached hydrogens (tertiary/aromatic N) is 2. The second-order valence-electron chi connectivity index (χ2n) is 14.0. The Balaban J connectivity index is 7.70. The summed E-state index contributed by atoms with van der Waals surface area (Å²) in [6.07, 6.45) is -33.9. The quantitative estimate of drug-likeness (QED) is 0.0475. The van der Waals surface area contributed by atoms with Gasteiger partial charge in [-0.25, -0.2) is 25.9 Å². The number of hydrogen-bond acceptors (Lipinski definition) is 8. The first kappa shape index (κ1) is 76.0. The molecular weight excluding hydrogens is 1340 g/mol. The van der Waals surface area contributed by atoms with Crippen LogP contribution >= 0.6 is 7.82 Å². The zero-order valence-electron chi connectivity index (χ0n) is 34.7. The molecule has 0 unspecified atom stereocenters. The molecule has 0 aliphatic heterocycles. The molecule has 0 fully saturated rings. The molecule has 0 aromatic heterocycles. The predicted octanol–water partition coefficient (Wildman–Crippen LogP) is 12.1. The van der Waals surface area contributed by atoms with Crippen molar-refractivity contribution in [1.29, 1.82) is 0 Å². The van der Waals surface area contributed by atoms with E-state index in [0.29, 0.717) is 0 Å². The van der Waals surface area contributed by atoms with Crippen LogP contribution < -0.4 is 4.89 Å². The van der Waals surface area contributed by atoms with Crippen molar-refractivity contribution in [1.82, 2.24) is 8.61 Å². The third-order valence-corrected chi connectivity index (χ3v) is 13.8. The summed E-state index contributed by atoms with van der Waals surface area (Å²) >= 11 is 0. The Bertz CT molecular complexity index is 2340. The van der Waals surface area contributed by atoms with Gasteiger partial charge in [0.25, 0.3) is 27.9 Å². The number of sulfonamides is 2. The molecule has 0 rings (SSSR count). The lowest BCUT2D eigenvalue weighted by atomic mass is 9.91. The molecule has 0 aliphatic carbocycles. The molecule has 0 radical (unpaired) electrons. The van der Waals surface area contributed by atoms with Gasteiger partial charge in [-0.15, -0.1) is 8.61 Å². The minimum Gasteiger partial charge on any atom is -0.756 e. The highest BCUT2D eigenvalue weighted by atomic mass is 32.2. The average Bonchev–Trinajstić information content (AvgIpc) is 3.17. The summed E-state index contributed by atoms with van der Waals surface area (Å²) in [5, 5.41) is -18.7. The zero-order chi connectivity index (χ0) is 65.5. The van der Waals surface area contributed by atoms with E-state index in [2.05, 4.69) is 0 Å². The van der Waals surface area contributed by atoms with Crippen molar-refractivity contribution in [3.63, 3.8) is 0 Å². The van der Waals surface area contributed by atoms with E-state index in [1.54, 1.807) is 0 Å². The van der Waals surface area contributed by atoms with Gasteiger partial charge in [0, 0.05) is 13.1 Å². The molecule has 0 amide bonds. The molecule has 0 N–H and O–H groups in total. The van der Waals surface area contributed by atoms with E-state index in [1.807, 2.05) is 0 Å². The van der Waals surface area contributed by atoms with Gasteiger partial charge in [-0.1, -0.05) is 13.8 Å². The van der Waals surface area contributed by atoms with Crippen LogP contribution in [0.3, 0.4) is 0 Å². The smallest absolute Gasteiger partial charge is 0.460 e. The van der Waals surface area contributed by atoms with Gasteiger partial charge in [0.2, 0.25) is 0 Å². The third-order valence-electron chi connectivity index (χ3n) is 8.97. The fourth-order valence-corrected chi connectivity index (χ4v) is 8.41. The summed E-state index contributed by atoms with van der Waals surface area (Å²) in [5.74, 6) is -114. The number of rotatable bonds is 26.